The molecular weight excluding hydrogens is 338 g/mol. The van der Waals surface area contributed by atoms with Crippen molar-refractivity contribution >= 4 is 29.0 Å². The molecular formula is C17H21N5O2S. The number of anilines is 2. The first kappa shape index (κ1) is 16.3. The minimum atomic E-state index is 0.131. The van der Waals surface area contributed by atoms with E-state index in [0.717, 1.165) is 56.0 Å². The highest BCUT2D eigenvalue weighted by Crippen LogP contribution is 2.19. The van der Waals surface area contributed by atoms with Gasteiger partial charge in [0.25, 0.3) is 5.91 Å². The first-order valence-corrected chi connectivity index (χ1v) is 9.43. The molecule has 25 heavy (non-hydrogen) atoms. The Hall–Kier alpha value is -2.19. The second-order valence-corrected chi connectivity index (χ2v) is 7.02. The molecule has 2 aliphatic heterocycles. The van der Waals surface area contributed by atoms with Crippen LogP contribution in [0, 0.1) is 0 Å². The van der Waals surface area contributed by atoms with Crippen LogP contribution < -0.4 is 9.80 Å². The number of aromatic nitrogens is 2. The number of nitrogens with zero attached hydrogens (tertiary/aromatic N) is 5. The molecule has 0 aliphatic carbocycles. The number of carbonyl (C=O) groups excluding carboxylic acids is 1. The number of carbonyl (C=O) groups is 1. The number of ether oxygens (including phenoxy) is 1. The fourth-order valence-electron chi connectivity index (χ4n) is 3.13. The second kappa shape index (κ2) is 7.37. The third-order valence-electron chi connectivity index (χ3n) is 4.54. The van der Waals surface area contributed by atoms with Crippen LogP contribution in [-0.2, 0) is 4.74 Å². The zero-order chi connectivity index (χ0) is 17.1. The number of thiophene rings is 1. The molecule has 2 fully saturated rings. The van der Waals surface area contributed by atoms with E-state index < -0.39 is 0 Å². The van der Waals surface area contributed by atoms with Crippen molar-refractivity contribution in [3.63, 3.8) is 0 Å². The van der Waals surface area contributed by atoms with E-state index in [2.05, 4.69) is 14.8 Å². The van der Waals surface area contributed by atoms with Gasteiger partial charge in [0.1, 0.15) is 5.82 Å². The fourth-order valence-corrected chi connectivity index (χ4v) is 3.82. The summed E-state index contributed by atoms with van der Waals surface area (Å²) in [4.78, 5) is 28.7. The fraction of sp³-hybridized carbons (Fsp3) is 0.471. The van der Waals surface area contributed by atoms with Crippen molar-refractivity contribution in [2.24, 2.45) is 0 Å². The van der Waals surface area contributed by atoms with Crippen molar-refractivity contribution in [3.8, 4) is 0 Å². The number of hydrogen-bond donors (Lipinski definition) is 0. The van der Waals surface area contributed by atoms with Crippen LogP contribution in [0.5, 0.6) is 0 Å². The quantitative estimate of drug-likeness (QED) is 0.824. The molecule has 1 amide bonds. The Bertz CT molecular complexity index is 710. The second-order valence-electron chi connectivity index (χ2n) is 6.07. The van der Waals surface area contributed by atoms with Crippen molar-refractivity contribution in [2.75, 3.05) is 62.3 Å². The van der Waals surface area contributed by atoms with E-state index >= 15 is 0 Å². The molecule has 2 saturated heterocycles. The highest BCUT2D eigenvalue weighted by atomic mass is 32.1. The molecule has 0 aromatic carbocycles. The van der Waals surface area contributed by atoms with Crippen LogP contribution in [0.25, 0.3) is 0 Å². The molecule has 2 aliphatic rings. The van der Waals surface area contributed by atoms with E-state index in [0.29, 0.717) is 13.1 Å². The van der Waals surface area contributed by atoms with Crippen LogP contribution in [0.4, 0.5) is 11.8 Å². The molecule has 7 nitrogen and oxygen atoms in total. The monoisotopic (exact) mass is 359 g/mol. The molecule has 2 aromatic rings. The van der Waals surface area contributed by atoms with Gasteiger partial charge in [0.2, 0.25) is 5.95 Å². The Labute approximate surface area is 150 Å². The predicted molar refractivity (Wildman–Crippen MR) is 97.5 cm³/mol. The smallest absolute Gasteiger partial charge is 0.264 e. The van der Waals surface area contributed by atoms with Crippen LogP contribution in [0.15, 0.2) is 29.8 Å². The van der Waals surface area contributed by atoms with Gasteiger partial charge >= 0.3 is 0 Å². The lowest BCUT2D eigenvalue weighted by Crippen LogP contribution is -2.49. The summed E-state index contributed by atoms with van der Waals surface area (Å²) in [6, 6.07) is 5.75. The lowest BCUT2D eigenvalue weighted by molar-refractivity contribution is 0.0751. The van der Waals surface area contributed by atoms with Crippen molar-refractivity contribution in [3.05, 3.63) is 34.7 Å². The number of piperazine rings is 1. The maximum Gasteiger partial charge on any atom is 0.264 e. The number of morpholine rings is 1. The molecule has 0 saturated carbocycles. The van der Waals surface area contributed by atoms with Crippen molar-refractivity contribution in [1.29, 1.82) is 0 Å². The van der Waals surface area contributed by atoms with Gasteiger partial charge in [0.05, 0.1) is 18.1 Å². The van der Waals surface area contributed by atoms with Gasteiger partial charge in [-0.3, -0.25) is 4.79 Å². The van der Waals surface area contributed by atoms with Crippen LogP contribution in [0.1, 0.15) is 9.67 Å². The van der Waals surface area contributed by atoms with Crippen LogP contribution in [0.2, 0.25) is 0 Å². The van der Waals surface area contributed by atoms with Gasteiger partial charge in [-0.15, -0.1) is 11.3 Å². The van der Waals surface area contributed by atoms with Gasteiger partial charge in [-0.2, -0.15) is 4.98 Å². The first-order chi connectivity index (χ1) is 12.3. The Morgan fingerprint density at radius 2 is 1.84 bits per heavy atom. The van der Waals surface area contributed by atoms with Crippen molar-refractivity contribution in [1.82, 2.24) is 14.9 Å². The van der Waals surface area contributed by atoms with Crippen molar-refractivity contribution in [2.45, 2.75) is 0 Å². The molecule has 0 bridgehead atoms. The molecule has 0 radical (unpaired) electrons. The van der Waals surface area contributed by atoms with Gasteiger partial charge in [0.15, 0.2) is 0 Å². The van der Waals surface area contributed by atoms with E-state index in [1.807, 2.05) is 34.7 Å². The number of hydrogen-bond acceptors (Lipinski definition) is 7. The minimum Gasteiger partial charge on any atom is -0.378 e. The molecule has 132 valence electrons. The topological polar surface area (TPSA) is 61.8 Å². The highest BCUT2D eigenvalue weighted by Gasteiger charge is 2.24. The maximum absolute atomic E-state index is 12.4. The van der Waals surface area contributed by atoms with Gasteiger partial charge in [-0.25, -0.2) is 4.98 Å². The molecule has 8 heteroatoms. The van der Waals surface area contributed by atoms with Gasteiger partial charge in [-0.05, 0) is 17.5 Å². The van der Waals surface area contributed by atoms with E-state index in [1.54, 1.807) is 0 Å². The number of rotatable bonds is 3. The Kier molecular flexibility index (Phi) is 4.80. The molecule has 0 unspecified atom stereocenters. The van der Waals surface area contributed by atoms with E-state index in [1.165, 1.54) is 11.3 Å². The lowest BCUT2D eigenvalue weighted by Gasteiger charge is -2.35. The third-order valence-corrected chi connectivity index (χ3v) is 5.40. The molecule has 0 spiro atoms. The average molecular weight is 359 g/mol. The summed E-state index contributed by atoms with van der Waals surface area (Å²) in [6.45, 7) is 6.10. The van der Waals surface area contributed by atoms with E-state index in [4.69, 9.17) is 9.72 Å². The SMILES string of the molecule is O=C(c1cccs1)N1CCN(c2ccnc(N3CCOCC3)n2)CC1. The minimum absolute atomic E-state index is 0.131. The number of amides is 1. The summed E-state index contributed by atoms with van der Waals surface area (Å²) in [6.07, 6.45) is 1.82. The summed E-state index contributed by atoms with van der Waals surface area (Å²) in [5.74, 6) is 1.82. The van der Waals surface area contributed by atoms with Gasteiger partial charge < -0.3 is 19.4 Å². The predicted octanol–water partition coefficient (Wildman–Crippen LogP) is 1.34. The molecule has 4 rings (SSSR count). The van der Waals surface area contributed by atoms with Crippen LogP contribution in [-0.4, -0.2) is 73.3 Å². The average Bonchev–Trinajstić information content (AvgIpc) is 3.23. The Morgan fingerprint density at radius 1 is 1.04 bits per heavy atom. The third kappa shape index (κ3) is 3.59. The summed E-state index contributed by atoms with van der Waals surface area (Å²) >= 11 is 1.50. The molecule has 2 aromatic heterocycles. The zero-order valence-electron chi connectivity index (χ0n) is 14.0. The summed E-state index contributed by atoms with van der Waals surface area (Å²) in [5, 5.41) is 1.94. The molecule has 4 heterocycles. The standard InChI is InChI=1S/C17H21N5O2S/c23-16(14-2-1-13-25-14)21-7-5-20(6-8-21)15-3-4-18-17(19-15)22-9-11-24-12-10-22/h1-4,13H,5-12H2. The normalized spacial score (nSPS) is 18.5. The largest absolute Gasteiger partial charge is 0.378 e. The van der Waals surface area contributed by atoms with E-state index in [-0.39, 0.29) is 5.91 Å². The van der Waals surface area contributed by atoms with Crippen LogP contribution in [0.3, 0.4) is 0 Å². The lowest BCUT2D eigenvalue weighted by atomic mass is 10.3. The Balaban J connectivity index is 1.40. The molecule has 0 N–H and O–H groups in total. The summed E-state index contributed by atoms with van der Waals surface area (Å²) < 4.78 is 5.39. The van der Waals surface area contributed by atoms with Crippen LogP contribution >= 0.6 is 11.3 Å². The highest BCUT2D eigenvalue weighted by molar-refractivity contribution is 7.12. The summed E-state index contributed by atoms with van der Waals surface area (Å²) in [5.41, 5.74) is 0. The maximum atomic E-state index is 12.4. The van der Waals surface area contributed by atoms with Crippen molar-refractivity contribution < 1.29 is 9.53 Å². The first-order valence-electron chi connectivity index (χ1n) is 8.55. The zero-order valence-corrected chi connectivity index (χ0v) is 14.8. The van der Waals surface area contributed by atoms with E-state index in [9.17, 15) is 4.79 Å². The van der Waals surface area contributed by atoms with Gasteiger partial charge in [0, 0.05) is 45.5 Å². The Morgan fingerprint density at radius 3 is 2.56 bits per heavy atom. The van der Waals surface area contributed by atoms with Gasteiger partial charge in [-0.1, -0.05) is 6.07 Å². The summed E-state index contributed by atoms with van der Waals surface area (Å²) in [7, 11) is 0. The molecule has 0 atom stereocenters.